The molecule has 0 aliphatic carbocycles. The molecule has 1 N–H and O–H groups in total. The van der Waals surface area contributed by atoms with Crippen LogP contribution in [0.15, 0.2) is 22.7 Å². The van der Waals surface area contributed by atoms with Crippen LogP contribution in [0.4, 0.5) is 4.39 Å². The van der Waals surface area contributed by atoms with Gasteiger partial charge in [-0.2, -0.15) is 0 Å². The van der Waals surface area contributed by atoms with Gasteiger partial charge in [0.05, 0.1) is 0 Å². The van der Waals surface area contributed by atoms with E-state index in [0.717, 1.165) is 5.01 Å². The van der Waals surface area contributed by atoms with Crippen molar-refractivity contribution >= 4 is 27.3 Å². The van der Waals surface area contributed by atoms with Gasteiger partial charge in [0.15, 0.2) is 11.6 Å². The van der Waals surface area contributed by atoms with E-state index in [0.29, 0.717) is 16.2 Å². The van der Waals surface area contributed by atoms with Crippen LogP contribution in [0.25, 0.3) is 0 Å². The Hall–Kier alpha value is -1.05. The van der Waals surface area contributed by atoms with E-state index in [1.54, 1.807) is 12.1 Å². The minimum absolute atomic E-state index is 0.139. The number of halogens is 2. The number of hydrogen-bond acceptors (Lipinski definition) is 5. The van der Waals surface area contributed by atoms with Gasteiger partial charge < -0.3 is 10.1 Å². The van der Waals surface area contributed by atoms with Crippen LogP contribution in [0.5, 0.6) is 10.9 Å². The first kappa shape index (κ1) is 12.4. The van der Waals surface area contributed by atoms with E-state index in [9.17, 15) is 4.39 Å². The van der Waals surface area contributed by atoms with E-state index in [2.05, 4.69) is 31.4 Å². The molecule has 0 radical (unpaired) electrons. The molecule has 0 saturated carbocycles. The van der Waals surface area contributed by atoms with E-state index >= 15 is 0 Å². The molecule has 1 aromatic heterocycles. The van der Waals surface area contributed by atoms with Crippen LogP contribution in [-0.4, -0.2) is 17.2 Å². The first-order valence-electron chi connectivity index (χ1n) is 4.79. The second-order valence-corrected chi connectivity index (χ2v) is 5.11. The van der Waals surface area contributed by atoms with E-state index in [4.69, 9.17) is 4.74 Å². The third-order valence-electron chi connectivity index (χ3n) is 1.87. The Morgan fingerprint density at radius 3 is 3.00 bits per heavy atom. The van der Waals surface area contributed by atoms with Crippen molar-refractivity contribution in [2.24, 2.45) is 0 Å². The molecule has 90 valence electrons. The molecule has 17 heavy (non-hydrogen) atoms. The monoisotopic (exact) mass is 317 g/mol. The molecule has 0 amide bonds. The molecule has 0 unspecified atom stereocenters. The summed E-state index contributed by atoms with van der Waals surface area (Å²) >= 11 is 4.46. The number of nitrogens with one attached hydrogen (secondary N) is 1. The van der Waals surface area contributed by atoms with Crippen LogP contribution in [0.1, 0.15) is 5.01 Å². The molecular weight excluding hydrogens is 309 g/mol. The number of nitrogens with zero attached hydrogens (tertiary/aromatic N) is 2. The van der Waals surface area contributed by atoms with Crippen molar-refractivity contribution in [1.29, 1.82) is 0 Å². The van der Waals surface area contributed by atoms with Crippen molar-refractivity contribution in [3.63, 3.8) is 0 Å². The predicted molar refractivity (Wildman–Crippen MR) is 66.8 cm³/mol. The van der Waals surface area contributed by atoms with Crippen molar-refractivity contribution < 1.29 is 9.13 Å². The summed E-state index contributed by atoms with van der Waals surface area (Å²) in [7, 11) is 1.82. The molecule has 1 aromatic carbocycles. The molecule has 4 nitrogen and oxygen atoms in total. The lowest BCUT2D eigenvalue weighted by atomic mass is 10.3. The van der Waals surface area contributed by atoms with E-state index < -0.39 is 5.82 Å². The van der Waals surface area contributed by atoms with Crippen LogP contribution in [-0.2, 0) is 6.54 Å². The Labute approximate surface area is 110 Å². The van der Waals surface area contributed by atoms with E-state index in [1.165, 1.54) is 17.4 Å². The zero-order chi connectivity index (χ0) is 12.3. The lowest BCUT2D eigenvalue weighted by Crippen LogP contribution is -2.04. The molecule has 0 saturated heterocycles. The zero-order valence-corrected chi connectivity index (χ0v) is 11.3. The Morgan fingerprint density at radius 2 is 2.29 bits per heavy atom. The van der Waals surface area contributed by atoms with Crippen LogP contribution >= 0.6 is 27.3 Å². The van der Waals surface area contributed by atoms with Crippen LogP contribution in [0.2, 0.25) is 0 Å². The van der Waals surface area contributed by atoms with Gasteiger partial charge in [-0.05, 0) is 25.2 Å². The third kappa shape index (κ3) is 3.21. The highest BCUT2D eigenvalue weighted by Crippen LogP contribution is 2.28. The fourth-order valence-electron chi connectivity index (χ4n) is 1.15. The standard InChI is InChI=1S/C10H9BrFN3OS/c1-13-5-9-14-15-10(17-9)16-8-3-2-6(11)4-7(8)12/h2-4,13H,5H2,1H3. The topological polar surface area (TPSA) is 47.0 Å². The third-order valence-corrected chi connectivity index (χ3v) is 3.16. The maximum absolute atomic E-state index is 13.5. The minimum atomic E-state index is -0.440. The number of aromatic nitrogens is 2. The lowest BCUT2D eigenvalue weighted by Gasteiger charge is -2.02. The fraction of sp³-hybridized carbons (Fsp3) is 0.200. The normalized spacial score (nSPS) is 10.5. The lowest BCUT2D eigenvalue weighted by molar-refractivity contribution is 0.435. The maximum atomic E-state index is 13.5. The van der Waals surface area contributed by atoms with Gasteiger partial charge in [-0.3, -0.25) is 0 Å². The van der Waals surface area contributed by atoms with Crippen LogP contribution < -0.4 is 10.1 Å². The van der Waals surface area contributed by atoms with Crippen molar-refractivity contribution in [2.75, 3.05) is 7.05 Å². The van der Waals surface area contributed by atoms with Crippen molar-refractivity contribution in [1.82, 2.24) is 15.5 Å². The Kier molecular flexibility index (Phi) is 4.03. The highest BCUT2D eigenvalue weighted by atomic mass is 79.9. The summed E-state index contributed by atoms with van der Waals surface area (Å²) in [5.41, 5.74) is 0. The van der Waals surface area contributed by atoms with Gasteiger partial charge >= 0.3 is 0 Å². The van der Waals surface area contributed by atoms with Crippen molar-refractivity contribution in [3.8, 4) is 10.9 Å². The largest absolute Gasteiger partial charge is 0.427 e. The summed E-state index contributed by atoms with van der Waals surface area (Å²) in [5.74, 6) is -0.301. The summed E-state index contributed by atoms with van der Waals surface area (Å²) in [6.07, 6.45) is 0. The first-order chi connectivity index (χ1) is 8.19. The maximum Gasteiger partial charge on any atom is 0.299 e. The molecule has 7 heteroatoms. The van der Waals surface area contributed by atoms with Gasteiger partial charge in [0.2, 0.25) is 0 Å². The summed E-state index contributed by atoms with van der Waals surface area (Å²) in [6.45, 7) is 0.615. The number of hydrogen-bond donors (Lipinski definition) is 1. The molecule has 0 fully saturated rings. The fourth-order valence-corrected chi connectivity index (χ4v) is 2.20. The summed E-state index contributed by atoms with van der Waals surface area (Å²) in [6, 6.07) is 4.58. The van der Waals surface area contributed by atoms with Gasteiger partial charge in [-0.25, -0.2) is 4.39 Å². The van der Waals surface area contributed by atoms with Crippen molar-refractivity contribution in [3.05, 3.63) is 33.5 Å². The van der Waals surface area contributed by atoms with Crippen LogP contribution in [0.3, 0.4) is 0 Å². The Bertz CT molecular complexity index is 520. The molecule has 0 bridgehead atoms. The second kappa shape index (κ2) is 5.52. The van der Waals surface area contributed by atoms with Gasteiger partial charge in [0.1, 0.15) is 5.01 Å². The molecule has 0 aliphatic heterocycles. The Balaban J connectivity index is 2.13. The number of ether oxygens (including phenoxy) is 1. The van der Waals surface area contributed by atoms with Crippen LogP contribution in [0, 0.1) is 5.82 Å². The molecule has 2 rings (SSSR count). The quantitative estimate of drug-likeness (QED) is 0.941. The predicted octanol–water partition coefficient (Wildman–Crippen LogP) is 2.95. The van der Waals surface area contributed by atoms with Gasteiger partial charge in [0.25, 0.3) is 5.19 Å². The zero-order valence-electron chi connectivity index (χ0n) is 8.91. The smallest absolute Gasteiger partial charge is 0.299 e. The number of benzene rings is 1. The van der Waals surface area contributed by atoms with E-state index in [1.807, 2.05) is 7.05 Å². The average Bonchev–Trinajstić information content (AvgIpc) is 2.71. The van der Waals surface area contributed by atoms with Crippen molar-refractivity contribution in [2.45, 2.75) is 6.54 Å². The molecule has 2 aromatic rings. The molecule has 0 aliphatic rings. The Morgan fingerprint density at radius 1 is 1.47 bits per heavy atom. The first-order valence-corrected chi connectivity index (χ1v) is 6.40. The summed E-state index contributed by atoms with van der Waals surface area (Å²) in [5, 5.41) is 11.8. The molecule has 0 spiro atoms. The second-order valence-electron chi connectivity index (χ2n) is 3.17. The molecule has 0 atom stereocenters. The highest BCUT2D eigenvalue weighted by Gasteiger charge is 2.09. The summed E-state index contributed by atoms with van der Waals surface area (Å²) < 4.78 is 19.5. The summed E-state index contributed by atoms with van der Waals surface area (Å²) in [4.78, 5) is 0. The highest BCUT2D eigenvalue weighted by molar-refractivity contribution is 9.10. The van der Waals surface area contributed by atoms with Gasteiger partial charge in [-0.15, -0.1) is 5.10 Å². The van der Waals surface area contributed by atoms with E-state index in [-0.39, 0.29) is 5.75 Å². The van der Waals surface area contributed by atoms with Gasteiger partial charge in [-0.1, -0.05) is 32.4 Å². The SMILES string of the molecule is CNCc1nnc(Oc2ccc(Br)cc2F)s1. The van der Waals surface area contributed by atoms with Gasteiger partial charge in [0, 0.05) is 11.0 Å². The minimum Gasteiger partial charge on any atom is -0.427 e. The molecule has 1 heterocycles. The molecular formula is C10H9BrFN3OS. The average molecular weight is 318 g/mol. The number of rotatable bonds is 4.